The number of benzene rings is 4. The van der Waals surface area contributed by atoms with Crippen LogP contribution in [0.2, 0.25) is 0 Å². The van der Waals surface area contributed by atoms with Crippen molar-refractivity contribution in [3.63, 3.8) is 0 Å². The Labute approximate surface area is 274 Å². The standard InChI is InChI=1S/C35H38IN3O4S/c1-26(2)23-37-35(41)33(22-28-12-6-4-7-13-28)38(24-29-14-10-11-27(3)21-29)34(40)25-39(31-19-17-30(36)18-20-31)44(42,43)32-15-8-5-9-16-32/h4-21,26,33H,22-25H2,1-3H3,(H,37,41). The smallest absolute Gasteiger partial charge is 0.264 e. The van der Waals surface area contributed by atoms with Crippen molar-refractivity contribution < 1.29 is 18.0 Å². The second kappa shape index (κ2) is 15.3. The lowest BCUT2D eigenvalue weighted by Crippen LogP contribution is -2.53. The second-order valence-electron chi connectivity index (χ2n) is 11.2. The molecule has 44 heavy (non-hydrogen) atoms. The maximum absolute atomic E-state index is 14.5. The number of aryl methyl sites for hydroxylation is 1. The molecule has 1 N–H and O–H groups in total. The van der Waals surface area contributed by atoms with E-state index in [1.807, 2.05) is 75.4 Å². The van der Waals surface area contributed by atoms with Crippen molar-refractivity contribution in [1.82, 2.24) is 10.2 Å². The summed E-state index contributed by atoms with van der Waals surface area (Å²) in [6.45, 7) is 6.10. The minimum Gasteiger partial charge on any atom is -0.354 e. The molecule has 0 saturated heterocycles. The van der Waals surface area contributed by atoms with Crippen molar-refractivity contribution in [3.8, 4) is 0 Å². The molecule has 0 aliphatic rings. The Balaban J connectivity index is 1.79. The molecule has 2 amide bonds. The predicted molar refractivity (Wildman–Crippen MR) is 184 cm³/mol. The Hall–Kier alpha value is -3.70. The van der Waals surface area contributed by atoms with Crippen molar-refractivity contribution >= 4 is 50.1 Å². The zero-order valence-electron chi connectivity index (χ0n) is 25.2. The maximum Gasteiger partial charge on any atom is 0.264 e. The lowest BCUT2D eigenvalue weighted by Gasteiger charge is -2.34. The molecule has 1 unspecified atom stereocenters. The summed E-state index contributed by atoms with van der Waals surface area (Å²) in [7, 11) is -4.12. The molecule has 0 bridgehead atoms. The van der Waals surface area contributed by atoms with Crippen LogP contribution in [0.15, 0.2) is 114 Å². The molecule has 7 nitrogen and oxygen atoms in total. The molecule has 0 fully saturated rings. The van der Waals surface area contributed by atoms with E-state index >= 15 is 0 Å². The van der Waals surface area contributed by atoms with Crippen LogP contribution < -0.4 is 9.62 Å². The van der Waals surface area contributed by atoms with Crippen LogP contribution >= 0.6 is 22.6 Å². The number of carbonyl (C=O) groups is 2. The van der Waals surface area contributed by atoms with E-state index in [1.165, 1.54) is 17.0 Å². The van der Waals surface area contributed by atoms with Crippen LogP contribution in [0, 0.1) is 16.4 Å². The third-order valence-corrected chi connectivity index (χ3v) is 9.62. The first-order chi connectivity index (χ1) is 21.0. The van der Waals surface area contributed by atoms with Crippen molar-refractivity contribution in [2.75, 3.05) is 17.4 Å². The summed E-state index contributed by atoms with van der Waals surface area (Å²) < 4.78 is 30.1. The van der Waals surface area contributed by atoms with Crippen molar-refractivity contribution in [1.29, 1.82) is 0 Å². The summed E-state index contributed by atoms with van der Waals surface area (Å²) >= 11 is 2.15. The van der Waals surface area contributed by atoms with Gasteiger partial charge in [0.25, 0.3) is 10.0 Å². The molecule has 0 saturated carbocycles. The molecule has 4 aromatic rings. The molecule has 0 aliphatic carbocycles. The molecule has 0 aromatic heterocycles. The first-order valence-electron chi connectivity index (χ1n) is 14.5. The van der Waals surface area contributed by atoms with Crippen LogP contribution in [0.1, 0.15) is 30.5 Å². The highest BCUT2D eigenvalue weighted by Crippen LogP contribution is 2.26. The molecule has 4 aromatic carbocycles. The van der Waals surface area contributed by atoms with Crippen molar-refractivity contribution in [2.24, 2.45) is 5.92 Å². The highest BCUT2D eigenvalue weighted by atomic mass is 127. The summed E-state index contributed by atoms with van der Waals surface area (Å²) in [5, 5.41) is 3.02. The zero-order valence-corrected chi connectivity index (χ0v) is 28.2. The van der Waals surface area contributed by atoms with Crippen LogP contribution in [0.25, 0.3) is 0 Å². The average molecular weight is 724 g/mol. The van der Waals surface area contributed by atoms with Gasteiger partial charge >= 0.3 is 0 Å². The van der Waals surface area contributed by atoms with Crippen LogP contribution in [-0.4, -0.2) is 44.3 Å². The van der Waals surface area contributed by atoms with E-state index in [0.717, 1.165) is 24.6 Å². The van der Waals surface area contributed by atoms with Crippen LogP contribution in [0.3, 0.4) is 0 Å². The fraction of sp³-hybridized carbons (Fsp3) is 0.257. The first-order valence-corrected chi connectivity index (χ1v) is 17.1. The predicted octanol–water partition coefficient (Wildman–Crippen LogP) is 6.21. The van der Waals surface area contributed by atoms with Gasteiger partial charge in [-0.25, -0.2) is 8.42 Å². The van der Waals surface area contributed by atoms with Gasteiger partial charge in [-0.1, -0.05) is 92.2 Å². The van der Waals surface area contributed by atoms with Gasteiger partial charge in [-0.15, -0.1) is 0 Å². The van der Waals surface area contributed by atoms with E-state index < -0.39 is 28.5 Å². The van der Waals surface area contributed by atoms with Crippen LogP contribution in [0.5, 0.6) is 0 Å². The first kappa shape index (κ1) is 33.2. The molecular weight excluding hydrogens is 685 g/mol. The van der Waals surface area contributed by atoms with Gasteiger partial charge in [0.1, 0.15) is 12.6 Å². The molecule has 0 aliphatic heterocycles. The van der Waals surface area contributed by atoms with Crippen molar-refractivity contribution in [3.05, 3.63) is 129 Å². The number of hydrogen-bond donors (Lipinski definition) is 1. The fourth-order valence-corrected chi connectivity index (χ4v) is 6.63. The highest BCUT2D eigenvalue weighted by Gasteiger charge is 2.34. The molecule has 230 valence electrons. The van der Waals surface area contributed by atoms with Crippen LogP contribution in [-0.2, 0) is 32.6 Å². The van der Waals surface area contributed by atoms with Gasteiger partial charge in [-0.2, -0.15) is 0 Å². The van der Waals surface area contributed by atoms with Gasteiger partial charge in [0.05, 0.1) is 10.6 Å². The third-order valence-electron chi connectivity index (χ3n) is 7.12. The van der Waals surface area contributed by atoms with Gasteiger partial charge < -0.3 is 10.2 Å². The number of rotatable bonds is 13. The van der Waals surface area contributed by atoms with Gasteiger partial charge in [-0.3, -0.25) is 13.9 Å². The number of sulfonamides is 1. The maximum atomic E-state index is 14.5. The Morgan fingerprint density at radius 3 is 2.05 bits per heavy atom. The number of anilines is 1. The molecule has 0 spiro atoms. The number of halogens is 1. The fourth-order valence-electron chi connectivity index (χ4n) is 4.84. The Kier molecular flexibility index (Phi) is 11.6. The summed E-state index contributed by atoms with van der Waals surface area (Å²) in [6.07, 6.45) is 0.275. The summed E-state index contributed by atoms with van der Waals surface area (Å²) in [5.74, 6) is -0.551. The number of hydrogen-bond acceptors (Lipinski definition) is 4. The zero-order chi connectivity index (χ0) is 31.7. The SMILES string of the molecule is Cc1cccc(CN(C(=O)CN(c2ccc(I)cc2)S(=O)(=O)c2ccccc2)C(Cc2ccccc2)C(=O)NCC(C)C)c1. The van der Waals surface area contributed by atoms with E-state index in [9.17, 15) is 18.0 Å². The van der Waals surface area contributed by atoms with Crippen LogP contribution in [0.4, 0.5) is 5.69 Å². The van der Waals surface area contributed by atoms with E-state index in [-0.39, 0.29) is 29.7 Å². The number of nitrogens with one attached hydrogen (secondary N) is 1. The monoisotopic (exact) mass is 723 g/mol. The van der Waals surface area contributed by atoms with E-state index in [0.29, 0.717) is 12.2 Å². The quantitative estimate of drug-likeness (QED) is 0.167. The Morgan fingerprint density at radius 1 is 0.818 bits per heavy atom. The van der Waals surface area contributed by atoms with Gasteiger partial charge in [0, 0.05) is 23.1 Å². The highest BCUT2D eigenvalue weighted by molar-refractivity contribution is 14.1. The molecule has 0 heterocycles. The third kappa shape index (κ3) is 8.92. The van der Waals surface area contributed by atoms with Gasteiger partial charge in [-0.05, 0) is 83.0 Å². The van der Waals surface area contributed by atoms with E-state index in [1.54, 1.807) is 42.5 Å². The van der Waals surface area contributed by atoms with E-state index in [2.05, 4.69) is 27.9 Å². The molecule has 1 atom stereocenters. The normalized spacial score (nSPS) is 12.0. The summed E-state index contributed by atoms with van der Waals surface area (Å²) in [4.78, 5) is 29.9. The Bertz CT molecular complexity index is 1650. The number of amides is 2. The minimum atomic E-state index is -4.12. The molecule has 9 heteroatoms. The summed E-state index contributed by atoms with van der Waals surface area (Å²) in [6, 6.07) is 31.5. The van der Waals surface area contributed by atoms with Crippen molar-refractivity contribution in [2.45, 2.75) is 44.7 Å². The molecule has 0 radical (unpaired) electrons. The largest absolute Gasteiger partial charge is 0.354 e. The summed E-state index contributed by atoms with van der Waals surface area (Å²) in [5.41, 5.74) is 3.12. The topological polar surface area (TPSA) is 86.8 Å². The van der Waals surface area contributed by atoms with Gasteiger partial charge in [0.15, 0.2) is 0 Å². The lowest BCUT2D eigenvalue weighted by atomic mass is 10.0. The number of nitrogens with zero attached hydrogens (tertiary/aromatic N) is 2. The molecular formula is C35H38IN3O4S. The minimum absolute atomic E-state index is 0.0760. The van der Waals surface area contributed by atoms with E-state index in [4.69, 9.17) is 0 Å². The number of carbonyl (C=O) groups excluding carboxylic acids is 2. The second-order valence-corrected chi connectivity index (χ2v) is 14.3. The Morgan fingerprint density at radius 2 is 1.43 bits per heavy atom. The molecule has 4 rings (SSSR count). The average Bonchev–Trinajstić information content (AvgIpc) is 3.01. The lowest BCUT2D eigenvalue weighted by molar-refractivity contribution is -0.140. The van der Waals surface area contributed by atoms with Gasteiger partial charge in [0.2, 0.25) is 11.8 Å².